The van der Waals surface area contributed by atoms with Gasteiger partial charge in [0.05, 0.1) is 13.2 Å². The third-order valence-electron chi connectivity index (χ3n) is 3.74. The Bertz CT molecular complexity index is 463. The molecule has 0 fully saturated rings. The van der Waals surface area contributed by atoms with Crippen LogP contribution in [0.15, 0.2) is 30.3 Å². The molecule has 0 saturated carbocycles. The first kappa shape index (κ1) is 19.2. The van der Waals surface area contributed by atoms with Gasteiger partial charge < -0.3 is 15.8 Å². The molecular formula is C18H28N2O3. The van der Waals surface area contributed by atoms with Crippen LogP contribution in [0.3, 0.4) is 0 Å². The Morgan fingerprint density at radius 3 is 2.57 bits per heavy atom. The zero-order valence-corrected chi connectivity index (χ0v) is 13.9. The number of carbonyl (C=O) groups is 2. The molecule has 1 aromatic carbocycles. The summed E-state index contributed by atoms with van der Waals surface area (Å²) in [5.41, 5.74) is 7.15. The van der Waals surface area contributed by atoms with Gasteiger partial charge in [0.1, 0.15) is 0 Å². The number of aryl methyl sites for hydroxylation is 1. The number of carbonyl (C=O) groups excluding carboxylic acids is 2. The molecule has 5 heteroatoms. The number of benzene rings is 1. The number of nitrogens with two attached hydrogens (primary N) is 1. The van der Waals surface area contributed by atoms with Crippen LogP contribution in [0, 0.1) is 0 Å². The number of rotatable bonds is 11. The van der Waals surface area contributed by atoms with E-state index in [0.717, 1.165) is 32.1 Å². The van der Waals surface area contributed by atoms with E-state index in [1.807, 2.05) is 18.2 Å². The first-order valence-corrected chi connectivity index (χ1v) is 8.27. The topological polar surface area (TPSA) is 81.4 Å². The number of unbranched alkanes of at least 4 members (excludes halogenated alkanes) is 2. The minimum atomic E-state index is -0.468. The van der Waals surface area contributed by atoms with E-state index in [1.54, 1.807) is 0 Å². The van der Waals surface area contributed by atoms with Crippen molar-refractivity contribution >= 4 is 11.9 Å². The summed E-state index contributed by atoms with van der Waals surface area (Å²) in [6, 6.07) is 9.73. The van der Waals surface area contributed by atoms with Crippen molar-refractivity contribution in [3.8, 4) is 0 Å². The number of hydrogen-bond acceptors (Lipinski definition) is 4. The van der Waals surface area contributed by atoms with Gasteiger partial charge in [-0.05, 0) is 31.2 Å². The Labute approximate surface area is 138 Å². The number of nitrogens with one attached hydrogen (secondary N) is 1. The zero-order chi connectivity index (χ0) is 16.9. The van der Waals surface area contributed by atoms with Crippen molar-refractivity contribution in [3.63, 3.8) is 0 Å². The van der Waals surface area contributed by atoms with Crippen LogP contribution in [-0.4, -0.2) is 31.6 Å². The van der Waals surface area contributed by atoms with Crippen LogP contribution in [0.2, 0.25) is 0 Å². The van der Waals surface area contributed by atoms with E-state index in [0.29, 0.717) is 19.4 Å². The van der Waals surface area contributed by atoms with Gasteiger partial charge in [-0.1, -0.05) is 43.2 Å². The lowest BCUT2D eigenvalue weighted by molar-refractivity contribution is -0.140. The van der Waals surface area contributed by atoms with Crippen LogP contribution in [0.5, 0.6) is 0 Å². The minimum absolute atomic E-state index is 0.0916. The van der Waals surface area contributed by atoms with E-state index in [4.69, 9.17) is 5.73 Å². The van der Waals surface area contributed by atoms with Crippen LogP contribution in [0.1, 0.15) is 44.1 Å². The summed E-state index contributed by atoms with van der Waals surface area (Å²) >= 11 is 0. The van der Waals surface area contributed by atoms with Crippen LogP contribution in [0.4, 0.5) is 0 Å². The lowest BCUT2D eigenvalue weighted by Crippen LogP contribution is -2.40. The van der Waals surface area contributed by atoms with Crippen molar-refractivity contribution in [2.75, 3.05) is 13.7 Å². The van der Waals surface area contributed by atoms with E-state index in [2.05, 4.69) is 22.2 Å². The first-order chi connectivity index (χ1) is 11.1. The smallest absolute Gasteiger partial charge is 0.305 e. The molecule has 5 nitrogen and oxygen atoms in total. The second-order valence-electron chi connectivity index (χ2n) is 5.66. The van der Waals surface area contributed by atoms with Crippen molar-refractivity contribution < 1.29 is 14.3 Å². The summed E-state index contributed by atoms with van der Waals surface area (Å²) in [6.45, 7) is 0.643. The fourth-order valence-electron chi connectivity index (χ4n) is 2.32. The second-order valence-corrected chi connectivity index (χ2v) is 5.66. The van der Waals surface area contributed by atoms with E-state index < -0.39 is 6.04 Å². The molecule has 0 aliphatic rings. The maximum Gasteiger partial charge on any atom is 0.305 e. The van der Waals surface area contributed by atoms with Crippen LogP contribution >= 0.6 is 0 Å². The highest BCUT2D eigenvalue weighted by molar-refractivity contribution is 5.81. The van der Waals surface area contributed by atoms with E-state index in [-0.39, 0.29) is 11.9 Å². The summed E-state index contributed by atoms with van der Waals surface area (Å²) in [5, 5.41) is 2.88. The quantitative estimate of drug-likeness (QED) is 0.484. The summed E-state index contributed by atoms with van der Waals surface area (Å²) < 4.78 is 4.58. The van der Waals surface area contributed by atoms with Gasteiger partial charge in [-0.15, -0.1) is 0 Å². The van der Waals surface area contributed by atoms with Crippen molar-refractivity contribution in [1.82, 2.24) is 5.32 Å². The number of amides is 1. The molecular weight excluding hydrogens is 292 g/mol. The molecule has 1 aromatic rings. The van der Waals surface area contributed by atoms with Crippen molar-refractivity contribution in [1.29, 1.82) is 0 Å². The second kappa shape index (κ2) is 11.7. The predicted molar refractivity (Wildman–Crippen MR) is 90.8 cm³/mol. The fourth-order valence-corrected chi connectivity index (χ4v) is 2.32. The standard InChI is InChI=1S/C18H28N2O3/c1-23-17(21)13-7-3-6-12-16(19)18(22)20-14-8-11-15-9-4-2-5-10-15/h2,4-5,9-10,16H,3,6-8,11-14,19H2,1H3,(H,20,22)/t16-/m1/s1. The molecule has 1 rings (SSSR count). The Morgan fingerprint density at radius 2 is 1.87 bits per heavy atom. The minimum Gasteiger partial charge on any atom is -0.469 e. The molecule has 0 radical (unpaired) electrons. The fraction of sp³-hybridized carbons (Fsp3) is 0.556. The Hall–Kier alpha value is -1.88. The maximum atomic E-state index is 11.9. The molecule has 0 bridgehead atoms. The molecule has 0 aliphatic heterocycles. The van der Waals surface area contributed by atoms with Gasteiger partial charge in [0.2, 0.25) is 5.91 Å². The van der Waals surface area contributed by atoms with Gasteiger partial charge in [0.15, 0.2) is 0 Å². The van der Waals surface area contributed by atoms with Gasteiger partial charge in [0.25, 0.3) is 0 Å². The lowest BCUT2D eigenvalue weighted by Gasteiger charge is -2.12. The SMILES string of the molecule is COC(=O)CCCCC[C@@H](N)C(=O)NCCCc1ccccc1. The van der Waals surface area contributed by atoms with E-state index >= 15 is 0 Å². The van der Waals surface area contributed by atoms with E-state index in [9.17, 15) is 9.59 Å². The van der Waals surface area contributed by atoms with Gasteiger partial charge in [-0.25, -0.2) is 0 Å². The average Bonchev–Trinajstić information content (AvgIpc) is 2.58. The Morgan fingerprint density at radius 1 is 1.13 bits per heavy atom. The summed E-state index contributed by atoms with van der Waals surface area (Å²) in [6.07, 6.45) is 5.42. The number of ether oxygens (including phenoxy) is 1. The normalized spacial score (nSPS) is 11.7. The summed E-state index contributed by atoms with van der Waals surface area (Å²) in [5.74, 6) is -0.281. The molecule has 0 spiro atoms. The van der Waals surface area contributed by atoms with Crippen molar-refractivity contribution in [2.24, 2.45) is 5.73 Å². The van der Waals surface area contributed by atoms with Gasteiger partial charge in [-0.3, -0.25) is 9.59 Å². The third kappa shape index (κ3) is 8.98. The third-order valence-corrected chi connectivity index (χ3v) is 3.74. The monoisotopic (exact) mass is 320 g/mol. The molecule has 0 aliphatic carbocycles. The zero-order valence-electron chi connectivity index (χ0n) is 13.9. The van der Waals surface area contributed by atoms with Gasteiger partial charge in [-0.2, -0.15) is 0 Å². The van der Waals surface area contributed by atoms with Crippen molar-refractivity contribution in [2.45, 2.75) is 51.0 Å². The summed E-state index contributed by atoms with van der Waals surface area (Å²) in [7, 11) is 1.39. The molecule has 0 saturated heterocycles. The number of esters is 1. The van der Waals surface area contributed by atoms with Gasteiger partial charge in [0, 0.05) is 13.0 Å². The molecule has 0 unspecified atom stereocenters. The molecule has 1 amide bonds. The molecule has 0 aromatic heterocycles. The predicted octanol–water partition coefficient (Wildman–Crippen LogP) is 2.19. The summed E-state index contributed by atoms with van der Waals surface area (Å²) in [4.78, 5) is 22.8. The Kier molecular flexibility index (Phi) is 9.71. The van der Waals surface area contributed by atoms with Gasteiger partial charge >= 0.3 is 5.97 Å². The molecule has 128 valence electrons. The Balaban J connectivity index is 2.04. The largest absolute Gasteiger partial charge is 0.469 e. The van der Waals surface area contributed by atoms with Crippen LogP contribution in [-0.2, 0) is 20.7 Å². The van der Waals surface area contributed by atoms with E-state index in [1.165, 1.54) is 12.7 Å². The highest BCUT2D eigenvalue weighted by Gasteiger charge is 2.12. The molecule has 0 heterocycles. The van der Waals surface area contributed by atoms with Crippen LogP contribution in [0.25, 0.3) is 0 Å². The first-order valence-electron chi connectivity index (χ1n) is 8.27. The van der Waals surface area contributed by atoms with Crippen molar-refractivity contribution in [3.05, 3.63) is 35.9 Å². The molecule has 3 N–H and O–H groups in total. The number of hydrogen-bond donors (Lipinski definition) is 2. The highest BCUT2D eigenvalue weighted by atomic mass is 16.5. The lowest BCUT2D eigenvalue weighted by atomic mass is 10.1. The number of methoxy groups -OCH3 is 1. The maximum absolute atomic E-state index is 11.9. The van der Waals surface area contributed by atoms with Crippen LogP contribution < -0.4 is 11.1 Å². The highest BCUT2D eigenvalue weighted by Crippen LogP contribution is 2.06. The molecule has 1 atom stereocenters. The average molecular weight is 320 g/mol. The molecule has 23 heavy (non-hydrogen) atoms.